The number of carbonyl (C=O) groups is 1. The fourth-order valence-electron chi connectivity index (χ4n) is 1.22. The molecule has 1 N–H and O–H groups in total. The summed E-state index contributed by atoms with van der Waals surface area (Å²) in [5.41, 5.74) is 0. The van der Waals surface area contributed by atoms with Crippen LogP contribution in [0.3, 0.4) is 0 Å². The van der Waals surface area contributed by atoms with Crippen molar-refractivity contribution in [2.75, 3.05) is 13.1 Å². The molecule has 13 heavy (non-hydrogen) atoms. The predicted molar refractivity (Wildman–Crippen MR) is 59.0 cm³/mol. The summed E-state index contributed by atoms with van der Waals surface area (Å²) < 4.78 is 0. The van der Waals surface area contributed by atoms with E-state index in [0.29, 0.717) is 18.1 Å². The molecule has 1 fully saturated rings. The molecule has 0 aliphatic carbocycles. The van der Waals surface area contributed by atoms with Crippen molar-refractivity contribution in [1.82, 2.24) is 5.32 Å². The minimum Gasteiger partial charge on any atom is -0.316 e. The van der Waals surface area contributed by atoms with Crippen LogP contribution in [0.1, 0.15) is 47.5 Å². The molecule has 1 rings (SSSR count). The van der Waals surface area contributed by atoms with Crippen molar-refractivity contribution in [3.05, 3.63) is 0 Å². The summed E-state index contributed by atoms with van der Waals surface area (Å²) in [6.45, 7) is 11.9. The molecule has 0 aromatic rings. The molecule has 1 heterocycles. The van der Waals surface area contributed by atoms with Gasteiger partial charge < -0.3 is 5.32 Å². The van der Waals surface area contributed by atoms with Gasteiger partial charge in [-0.25, -0.2) is 0 Å². The summed E-state index contributed by atoms with van der Waals surface area (Å²) in [5, 5.41) is 3.17. The molecule has 0 amide bonds. The lowest BCUT2D eigenvalue weighted by atomic mass is 10.0. The first kappa shape index (κ1) is 15.1. The van der Waals surface area contributed by atoms with Gasteiger partial charge >= 0.3 is 0 Å². The molecular weight excluding hydrogens is 162 g/mol. The van der Waals surface area contributed by atoms with Gasteiger partial charge in [0.05, 0.1) is 0 Å². The summed E-state index contributed by atoms with van der Waals surface area (Å²) in [6.07, 6.45) is 1.75. The van der Waals surface area contributed by atoms with Crippen LogP contribution < -0.4 is 5.32 Å². The number of Topliss-reactive ketones (excluding diaryl/α,β-unsaturated/α-hetero) is 1. The van der Waals surface area contributed by atoms with Crippen LogP contribution in [0.4, 0.5) is 0 Å². The third-order valence-corrected chi connectivity index (χ3v) is 1.86. The van der Waals surface area contributed by atoms with Gasteiger partial charge in [-0.05, 0) is 13.0 Å². The molecule has 0 saturated carbocycles. The number of nitrogens with one attached hydrogen (secondary N) is 1. The highest BCUT2D eigenvalue weighted by Crippen LogP contribution is 2.09. The Kier molecular flexibility index (Phi) is 13.5. The maximum Gasteiger partial charge on any atom is 0.137 e. The summed E-state index contributed by atoms with van der Waals surface area (Å²) in [4.78, 5) is 11.0. The van der Waals surface area contributed by atoms with Crippen molar-refractivity contribution < 1.29 is 4.79 Å². The topological polar surface area (TPSA) is 29.1 Å². The third kappa shape index (κ3) is 6.76. The minimum atomic E-state index is 0.329. The van der Waals surface area contributed by atoms with Crippen LogP contribution in [0.5, 0.6) is 0 Å². The van der Waals surface area contributed by atoms with E-state index in [4.69, 9.17) is 0 Å². The van der Waals surface area contributed by atoms with Gasteiger partial charge in [-0.3, -0.25) is 4.79 Å². The highest BCUT2D eigenvalue weighted by Gasteiger charge is 2.19. The molecular formula is C11H25NO. The zero-order chi connectivity index (χ0) is 10.7. The molecule has 1 saturated heterocycles. The number of ketones is 1. The van der Waals surface area contributed by atoms with E-state index >= 15 is 0 Å². The van der Waals surface area contributed by atoms with Gasteiger partial charge in [-0.1, -0.05) is 34.6 Å². The lowest BCUT2D eigenvalue weighted by Crippen LogP contribution is -2.16. The first-order chi connectivity index (χ1) is 6.34. The lowest BCUT2D eigenvalue weighted by Gasteiger charge is -2.02. The first-order valence-corrected chi connectivity index (χ1v) is 5.58. The van der Waals surface area contributed by atoms with E-state index in [1.165, 1.54) is 0 Å². The zero-order valence-corrected chi connectivity index (χ0v) is 9.81. The highest BCUT2D eigenvalue weighted by molar-refractivity contribution is 5.81. The Morgan fingerprint density at radius 2 is 1.85 bits per heavy atom. The quantitative estimate of drug-likeness (QED) is 0.720. The average Bonchev–Trinajstić information content (AvgIpc) is 2.76. The Morgan fingerprint density at radius 3 is 2.15 bits per heavy atom. The van der Waals surface area contributed by atoms with E-state index in [1.54, 1.807) is 0 Å². The maximum atomic E-state index is 11.0. The number of carbonyl (C=O) groups excluding carboxylic acids is 1. The molecule has 0 aromatic heterocycles. The molecule has 80 valence electrons. The lowest BCUT2D eigenvalue weighted by molar-refractivity contribution is -0.121. The molecule has 2 heteroatoms. The van der Waals surface area contributed by atoms with E-state index in [9.17, 15) is 4.79 Å². The van der Waals surface area contributed by atoms with Crippen LogP contribution in [-0.4, -0.2) is 18.9 Å². The molecule has 0 spiro atoms. The largest absolute Gasteiger partial charge is 0.316 e. The first-order valence-electron chi connectivity index (χ1n) is 5.58. The van der Waals surface area contributed by atoms with Gasteiger partial charge in [-0.15, -0.1) is 0 Å². The van der Waals surface area contributed by atoms with Crippen molar-refractivity contribution in [1.29, 1.82) is 0 Å². The molecule has 0 unspecified atom stereocenters. The fraction of sp³-hybridized carbons (Fsp3) is 0.909. The SMILES string of the molecule is CC.CC.CCC(=O)[C@@H]1CCNC1. The van der Waals surface area contributed by atoms with E-state index < -0.39 is 0 Å². The van der Waals surface area contributed by atoms with Gasteiger partial charge in [-0.2, -0.15) is 0 Å². The molecule has 0 bridgehead atoms. The molecule has 2 nitrogen and oxygen atoms in total. The summed E-state index contributed by atoms with van der Waals surface area (Å²) in [6, 6.07) is 0. The van der Waals surface area contributed by atoms with E-state index in [-0.39, 0.29) is 0 Å². The second-order valence-corrected chi connectivity index (χ2v) is 2.51. The summed E-state index contributed by atoms with van der Waals surface area (Å²) >= 11 is 0. The van der Waals surface area contributed by atoms with Crippen LogP contribution in [0.25, 0.3) is 0 Å². The average molecular weight is 187 g/mol. The van der Waals surface area contributed by atoms with Crippen LogP contribution in [0.2, 0.25) is 0 Å². The standard InChI is InChI=1S/C7H13NO.2C2H6/c1-2-7(9)6-3-4-8-5-6;2*1-2/h6,8H,2-5H2,1H3;2*1-2H3/t6-;;/m1../s1. The van der Waals surface area contributed by atoms with E-state index in [2.05, 4.69) is 5.32 Å². The van der Waals surface area contributed by atoms with Crippen molar-refractivity contribution in [3.63, 3.8) is 0 Å². The maximum absolute atomic E-state index is 11.0. The Balaban J connectivity index is 0. The zero-order valence-electron chi connectivity index (χ0n) is 9.81. The van der Waals surface area contributed by atoms with E-state index in [1.807, 2.05) is 34.6 Å². The Morgan fingerprint density at radius 1 is 1.31 bits per heavy atom. The minimum absolute atomic E-state index is 0.329. The highest BCUT2D eigenvalue weighted by atomic mass is 16.1. The van der Waals surface area contributed by atoms with Gasteiger partial charge in [0.25, 0.3) is 0 Å². The molecule has 0 aromatic carbocycles. The summed E-state index contributed by atoms with van der Waals surface area (Å²) in [5.74, 6) is 0.745. The van der Waals surface area contributed by atoms with Crippen LogP contribution in [-0.2, 0) is 4.79 Å². The Bertz CT molecular complexity index is 107. The van der Waals surface area contributed by atoms with E-state index in [0.717, 1.165) is 19.5 Å². The second kappa shape index (κ2) is 11.6. The number of rotatable bonds is 2. The van der Waals surface area contributed by atoms with Crippen molar-refractivity contribution >= 4 is 5.78 Å². The van der Waals surface area contributed by atoms with Crippen LogP contribution in [0, 0.1) is 5.92 Å². The fourth-order valence-corrected chi connectivity index (χ4v) is 1.22. The van der Waals surface area contributed by atoms with Crippen molar-refractivity contribution in [2.45, 2.75) is 47.5 Å². The number of hydrogen-bond acceptors (Lipinski definition) is 2. The third-order valence-electron chi connectivity index (χ3n) is 1.86. The molecule has 0 radical (unpaired) electrons. The van der Waals surface area contributed by atoms with Crippen molar-refractivity contribution in [2.24, 2.45) is 5.92 Å². The monoisotopic (exact) mass is 187 g/mol. The van der Waals surface area contributed by atoms with Crippen molar-refractivity contribution in [3.8, 4) is 0 Å². The van der Waals surface area contributed by atoms with Gasteiger partial charge in [0.15, 0.2) is 0 Å². The Hall–Kier alpha value is -0.370. The molecule has 1 atom stereocenters. The normalized spacial score (nSPS) is 19.3. The van der Waals surface area contributed by atoms with Gasteiger partial charge in [0.2, 0.25) is 0 Å². The smallest absolute Gasteiger partial charge is 0.137 e. The predicted octanol–water partition coefficient (Wildman–Crippen LogP) is 2.63. The van der Waals surface area contributed by atoms with Gasteiger partial charge in [0.1, 0.15) is 5.78 Å². The van der Waals surface area contributed by atoms with Gasteiger partial charge in [0, 0.05) is 18.9 Å². The number of hydrogen-bond donors (Lipinski definition) is 1. The second-order valence-electron chi connectivity index (χ2n) is 2.51. The molecule has 1 aliphatic rings. The van der Waals surface area contributed by atoms with Crippen LogP contribution >= 0.6 is 0 Å². The Labute approximate surface area is 83.1 Å². The molecule has 1 aliphatic heterocycles. The van der Waals surface area contributed by atoms with Crippen LogP contribution in [0.15, 0.2) is 0 Å². The summed E-state index contributed by atoms with van der Waals surface area (Å²) in [7, 11) is 0.